The molecule has 2 aliphatic heterocycles. The van der Waals surface area contributed by atoms with Crippen molar-refractivity contribution in [2.45, 2.75) is 57.9 Å². The van der Waals surface area contributed by atoms with Crippen LogP contribution in [0.2, 0.25) is 0 Å². The molecule has 2 aliphatic rings. The van der Waals surface area contributed by atoms with E-state index in [2.05, 4.69) is 24.1 Å². The molecule has 2 rings (SSSR count). The van der Waals surface area contributed by atoms with E-state index < -0.39 is 0 Å². The van der Waals surface area contributed by atoms with Gasteiger partial charge < -0.3 is 10.2 Å². The first-order valence-electron chi connectivity index (χ1n) is 7.19. The van der Waals surface area contributed by atoms with Crippen molar-refractivity contribution in [2.24, 2.45) is 5.92 Å². The lowest BCUT2D eigenvalue weighted by molar-refractivity contribution is 0.182. The van der Waals surface area contributed by atoms with Gasteiger partial charge in [0.2, 0.25) is 0 Å². The molecule has 0 aromatic rings. The SMILES string of the molecule is CCCC1CCN(CC2(C)CCCCN2)C1. The summed E-state index contributed by atoms with van der Waals surface area (Å²) in [7, 11) is 0. The summed E-state index contributed by atoms with van der Waals surface area (Å²) < 4.78 is 0. The number of likely N-dealkylation sites (tertiary alicyclic amines) is 1. The average molecular weight is 224 g/mol. The molecule has 2 unspecified atom stereocenters. The van der Waals surface area contributed by atoms with E-state index in [4.69, 9.17) is 0 Å². The number of piperidine rings is 1. The Morgan fingerprint density at radius 3 is 2.94 bits per heavy atom. The molecule has 0 aromatic carbocycles. The van der Waals surface area contributed by atoms with Gasteiger partial charge in [-0.25, -0.2) is 0 Å². The zero-order valence-corrected chi connectivity index (χ0v) is 11.1. The van der Waals surface area contributed by atoms with Gasteiger partial charge in [-0.15, -0.1) is 0 Å². The third-order valence-corrected chi connectivity index (χ3v) is 4.35. The minimum absolute atomic E-state index is 0.402. The molecule has 2 fully saturated rings. The number of nitrogens with zero attached hydrogens (tertiary/aromatic N) is 1. The van der Waals surface area contributed by atoms with Crippen molar-refractivity contribution in [3.63, 3.8) is 0 Å². The normalized spacial score (nSPS) is 36.8. The van der Waals surface area contributed by atoms with Crippen molar-refractivity contribution in [2.75, 3.05) is 26.2 Å². The van der Waals surface area contributed by atoms with Crippen LogP contribution in [0.25, 0.3) is 0 Å². The van der Waals surface area contributed by atoms with Gasteiger partial charge in [0.15, 0.2) is 0 Å². The molecule has 2 heteroatoms. The molecule has 0 amide bonds. The van der Waals surface area contributed by atoms with Crippen LogP contribution in [0.1, 0.15) is 52.4 Å². The van der Waals surface area contributed by atoms with Crippen LogP contribution in [0.4, 0.5) is 0 Å². The highest BCUT2D eigenvalue weighted by Crippen LogP contribution is 2.25. The number of nitrogens with one attached hydrogen (secondary N) is 1. The molecule has 2 nitrogen and oxygen atoms in total. The fraction of sp³-hybridized carbons (Fsp3) is 1.00. The topological polar surface area (TPSA) is 15.3 Å². The molecule has 2 heterocycles. The summed E-state index contributed by atoms with van der Waals surface area (Å²) in [5.74, 6) is 0.984. The van der Waals surface area contributed by atoms with Gasteiger partial charge in [0, 0.05) is 18.6 Å². The molecule has 0 radical (unpaired) electrons. The van der Waals surface area contributed by atoms with Gasteiger partial charge in [-0.3, -0.25) is 0 Å². The summed E-state index contributed by atoms with van der Waals surface area (Å²) in [4.78, 5) is 2.69. The van der Waals surface area contributed by atoms with Crippen LogP contribution in [0, 0.1) is 5.92 Å². The molecule has 16 heavy (non-hydrogen) atoms. The monoisotopic (exact) mass is 224 g/mol. The molecular formula is C14H28N2. The van der Waals surface area contributed by atoms with Crippen molar-refractivity contribution < 1.29 is 0 Å². The predicted octanol–water partition coefficient (Wildman–Crippen LogP) is 2.64. The fourth-order valence-corrected chi connectivity index (χ4v) is 3.45. The van der Waals surface area contributed by atoms with E-state index in [1.807, 2.05) is 0 Å². The lowest BCUT2D eigenvalue weighted by Gasteiger charge is -2.38. The minimum Gasteiger partial charge on any atom is -0.310 e. The highest BCUT2D eigenvalue weighted by molar-refractivity contribution is 4.91. The molecular weight excluding hydrogens is 196 g/mol. The summed E-state index contributed by atoms with van der Waals surface area (Å²) in [6, 6.07) is 0. The van der Waals surface area contributed by atoms with Crippen molar-refractivity contribution in [1.29, 1.82) is 0 Å². The van der Waals surface area contributed by atoms with Gasteiger partial charge in [-0.2, -0.15) is 0 Å². The maximum absolute atomic E-state index is 3.73. The minimum atomic E-state index is 0.402. The number of rotatable bonds is 4. The average Bonchev–Trinajstić information content (AvgIpc) is 2.66. The van der Waals surface area contributed by atoms with E-state index in [1.165, 1.54) is 64.7 Å². The molecule has 2 atom stereocenters. The Labute approximate surface area is 101 Å². The Morgan fingerprint density at radius 1 is 1.38 bits per heavy atom. The first kappa shape index (κ1) is 12.4. The molecule has 0 bridgehead atoms. The second-order valence-electron chi connectivity index (χ2n) is 6.12. The predicted molar refractivity (Wildman–Crippen MR) is 69.7 cm³/mol. The first-order chi connectivity index (χ1) is 7.72. The van der Waals surface area contributed by atoms with Crippen LogP contribution >= 0.6 is 0 Å². The summed E-state index contributed by atoms with van der Waals surface area (Å²) in [6.45, 7) is 9.91. The van der Waals surface area contributed by atoms with E-state index in [-0.39, 0.29) is 0 Å². The molecule has 2 saturated heterocycles. The van der Waals surface area contributed by atoms with E-state index >= 15 is 0 Å². The molecule has 1 N–H and O–H groups in total. The second kappa shape index (κ2) is 5.50. The largest absolute Gasteiger partial charge is 0.310 e. The molecule has 0 aliphatic carbocycles. The number of hydrogen-bond acceptors (Lipinski definition) is 2. The van der Waals surface area contributed by atoms with Gasteiger partial charge in [-0.1, -0.05) is 19.8 Å². The fourth-order valence-electron chi connectivity index (χ4n) is 3.45. The summed E-state index contributed by atoms with van der Waals surface area (Å²) in [5, 5.41) is 3.73. The number of hydrogen-bond donors (Lipinski definition) is 1. The molecule has 0 aromatic heterocycles. The lowest BCUT2D eigenvalue weighted by atomic mass is 9.90. The van der Waals surface area contributed by atoms with Gasteiger partial charge >= 0.3 is 0 Å². The second-order valence-corrected chi connectivity index (χ2v) is 6.12. The highest BCUT2D eigenvalue weighted by Gasteiger charge is 2.31. The Balaban J connectivity index is 1.77. The zero-order valence-electron chi connectivity index (χ0n) is 11.1. The van der Waals surface area contributed by atoms with Crippen molar-refractivity contribution in [1.82, 2.24) is 10.2 Å². The maximum atomic E-state index is 3.73. The van der Waals surface area contributed by atoms with Gasteiger partial charge in [-0.05, 0) is 51.6 Å². The van der Waals surface area contributed by atoms with Crippen molar-refractivity contribution in [3.05, 3.63) is 0 Å². The lowest BCUT2D eigenvalue weighted by Crippen LogP contribution is -2.53. The van der Waals surface area contributed by atoms with E-state index in [9.17, 15) is 0 Å². The summed E-state index contributed by atoms with van der Waals surface area (Å²) in [6.07, 6.45) is 8.37. The standard InChI is InChI=1S/C14H28N2/c1-3-6-13-7-10-16(11-13)12-14(2)8-4-5-9-15-14/h13,15H,3-12H2,1-2H3. The van der Waals surface area contributed by atoms with E-state index in [0.717, 1.165) is 5.92 Å². The Kier molecular flexibility index (Phi) is 4.26. The smallest absolute Gasteiger partial charge is 0.0280 e. The molecule has 0 saturated carbocycles. The first-order valence-corrected chi connectivity index (χ1v) is 7.19. The molecule has 94 valence electrons. The maximum Gasteiger partial charge on any atom is 0.0280 e. The van der Waals surface area contributed by atoms with Gasteiger partial charge in [0.1, 0.15) is 0 Å². The summed E-state index contributed by atoms with van der Waals surface area (Å²) in [5.41, 5.74) is 0.402. The van der Waals surface area contributed by atoms with Crippen molar-refractivity contribution >= 4 is 0 Å². The van der Waals surface area contributed by atoms with E-state index in [1.54, 1.807) is 0 Å². The Hall–Kier alpha value is -0.0800. The van der Waals surface area contributed by atoms with Gasteiger partial charge in [0.05, 0.1) is 0 Å². The van der Waals surface area contributed by atoms with Crippen LogP contribution in [0.15, 0.2) is 0 Å². The Morgan fingerprint density at radius 2 is 2.25 bits per heavy atom. The van der Waals surface area contributed by atoms with Crippen LogP contribution < -0.4 is 5.32 Å². The van der Waals surface area contributed by atoms with Crippen LogP contribution in [-0.4, -0.2) is 36.6 Å². The van der Waals surface area contributed by atoms with Crippen LogP contribution in [0.3, 0.4) is 0 Å². The van der Waals surface area contributed by atoms with Gasteiger partial charge in [0.25, 0.3) is 0 Å². The zero-order chi connectivity index (χ0) is 11.4. The quantitative estimate of drug-likeness (QED) is 0.790. The Bertz CT molecular complexity index is 209. The van der Waals surface area contributed by atoms with E-state index in [0.29, 0.717) is 5.54 Å². The van der Waals surface area contributed by atoms with Crippen molar-refractivity contribution in [3.8, 4) is 0 Å². The third-order valence-electron chi connectivity index (χ3n) is 4.35. The highest BCUT2D eigenvalue weighted by atomic mass is 15.2. The summed E-state index contributed by atoms with van der Waals surface area (Å²) >= 11 is 0. The third kappa shape index (κ3) is 3.21. The van der Waals surface area contributed by atoms with Crippen LogP contribution in [0.5, 0.6) is 0 Å². The molecule has 0 spiro atoms. The van der Waals surface area contributed by atoms with Crippen LogP contribution in [-0.2, 0) is 0 Å².